The molecule has 0 atom stereocenters. The summed E-state index contributed by atoms with van der Waals surface area (Å²) >= 11 is 15.5. The molecule has 0 aromatic heterocycles. The monoisotopic (exact) mass is 960 g/mol. The number of rotatable bonds is 8. The van der Waals surface area contributed by atoms with E-state index in [2.05, 4.69) is 15.9 Å². The highest BCUT2D eigenvalue weighted by molar-refractivity contribution is 9.10. The first kappa shape index (κ1) is 48.3. The SMILES string of the molecule is C.COc1c(-c2ccccc2F)c(-c2cccc(Cl)c2F)c(OC)c2ccccc12.COc1c(Br)c(-c2cccc(Cl)c2F)c(OC)c2ccccc12.OB(O)c1ccccc1F. The number of hydrogen-bond donors (Lipinski definition) is 2. The van der Waals surface area contributed by atoms with Crippen molar-refractivity contribution in [3.8, 4) is 56.4 Å². The van der Waals surface area contributed by atoms with Crippen LogP contribution in [0.5, 0.6) is 23.0 Å². The second-order valence-electron chi connectivity index (χ2n) is 13.2. The third-order valence-corrected chi connectivity index (χ3v) is 11.1. The van der Waals surface area contributed by atoms with Crippen LogP contribution in [0.2, 0.25) is 10.0 Å². The Bertz CT molecular complexity index is 2900. The van der Waals surface area contributed by atoms with Gasteiger partial charge in [0.15, 0.2) is 0 Å². The molecule has 0 bridgehead atoms. The highest BCUT2D eigenvalue weighted by Gasteiger charge is 2.27. The van der Waals surface area contributed by atoms with Crippen molar-refractivity contribution >= 4 is 73.3 Å². The summed E-state index contributed by atoms with van der Waals surface area (Å²) in [6.45, 7) is 0. The van der Waals surface area contributed by atoms with Crippen LogP contribution in [-0.4, -0.2) is 45.6 Å². The van der Waals surface area contributed by atoms with Crippen LogP contribution in [0.3, 0.4) is 0 Å². The summed E-state index contributed by atoms with van der Waals surface area (Å²) in [5, 5.41) is 20.2. The van der Waals surface area contributed by atoms with Gasteiger partial charge in [0.2, 0.25) is 0 Å². The molecular formula is C49H40BBrCl2F4O6. The molecule has 324 valence electrons. The lowest BCUT2D eigenvalue weighted by molar-refractivity contribution is 0.409. The Balaban J connectivity index is 0.000000196. The maximum Gasteiger partial charge on any atom is 0.491 e. The lowest BCUT2D eigenvalue weighted by Crippen LogP contribution is -2.32. The molecule has 0 saturated heterocycles. The fraction of sp³-hybridized carbons (Fsp3) is 0.102. The molecule has 0 spiro atoms. The third-order valence-electron chi connectivity index (χ3n) is 9.77. The zero-order chi connectivity index (χ0) is 44.7. The van der Waals surface area contributed by atoms with Crippen LogP contribution in [0.4, 0.5) is 17.6 Å². The maximum absolute atomic E-state index is 15.1. The topological polar surface area (TPSA) is 77.4 Å². The van der Waals surface area contributed by atoms with E-state index in [0.29, 0.717) is 49.7 Å². The zero-order valence-electron chi connectivity index (χ0n) is 33.5. The minimum absolute atomic E-state index is 0. The minimum atomic E-state index is -1.72. The number of benzene rings is 8. The van der Waals surface area contributed by atoms with Crippen molar-refractivity contribution < 1.29 is 46.6 Å². The van der Waals surface area contributed by atoms with Crippen molar-refractivity contribution in [2.75, 3.05) is 28.4 Å². The molecule has 8 rings (SSSR count). The van der Waals surface area contributed by atoms with E-state index in [4.69, 9.17) is 52.2 Å². The summed E-state index contributed by atoms with van der Waals surface area (Å²) in [6, 6.07) is 36.5. The highest BCUT2D eigenvalue weighted by Crippen LogP contribution is 2.52. The van der Waals surface area contributed by atoms with Crippen molar-refractivity contribution in [1.29, 1.82) is 0 Å². The normalized spacial score (nSPS) is 10.5. The average molecular weight is 962 g/mol. The van der Waals surface area contributed by atoms with E-state index >= 15 is 4.39 Å². The molecule has 8 aromatic rings. The molecule has 8 aromatic carbocycles. The van der Waals surface area contributed by atoms with Crippen LogP contribution in [0.25, 0.3) is 54.9 Å². The summed E-state index contributed by atoms with van der Waals surface area (Å²) in [5.41, 5.74) is 2.10. The largest absolute Gasteiger partial charge is 0.495 e. The van der Waals surface area contributed by atoms with E-state index in [1.807, 2.05) is 48.5 Å². The summed E-state index contributed by atoms with van der Waals surface area (Å²) in [5.74, 6) is -0.121. The Hall–Kier alpha value is -5.76. The Morgan fingerprint density at radius 2 is 0.794 bits per heavy atom. The van der Waals surface area contributed by atoms with E-state index in [0.717, 1.165) is 21.5 Å². The molecule has 0 saturated carbocycles. The maximum atomic E-state index is 15.1. The van der Waals surface area contributed by atoms with Gasteiger partial charge in [0, 0.05) is 60.4 Å². The lowest BCUT2D eigenvalue weighted by Gasteiger charge is -2.22. The van der Waals surface area contributed by atoms with Crippen LogP contribution < -0.4 is 24.4 Å². The molecule has 0 radical (unpaired) electrons. The van der Waals surface area contributed by atoms with E-state index in [1.54, 1.807) is 56.7 Å². The molecule has 0 fully saturated rings. The van der Waals surface area contributed by atoms with Gasteiger partial charge < -0.3 is 29.0 Å². The van der Waals surface area contributed by atoms with Crippen LogP contribution in [-0.2, 0) is 0 Å². The molecule has 14 heteroatoms. The van der Waals surface area contributed by atoms with Crippen molar-refractivity contribution in [3.63, 3.8) is 0 Å². The number of hydrogen-bond acceptors (Lipinski definition) is 6. The van der Waals surface area contributed by atoms with Crippen LogP contribution in [0.1, 0.15) is 7.43 Å². The van der Waals surface area contributed by atoms with Gasteiger partial charge in [0.1, 0.15) is 46.3 Å². The van der Waals surface area contributed by atoms with E-state index < -0.39 is 30.4 Å². The predicted octanol–water partition coefficient (Wildman–Crippen LogP) is 13.3. The van der Waals surface area contributed by atoms with Gasteiger partial charge in [-0.05, 0) is 40.2 Å². The molecular weight excluding hydrogens is 922 g/mol. The summed E-state index contributed by atoms with van der Waals surface area (Å²) < 4.78 is 80.3. The van der Waals surface area contributed by atoms with Crippen LogP contribution in [0.15, 0.2) is 138 Å². The molecule has 0 aliphatic heterocycles. The van der Waals surface area contributed by atoms with Gasteiger partial charge in [0.25, 0.3) is 0 Å². The first-order chi connectivity index (χ1) is 29.9. The second-order valence-corrected chi connectivity index (χ2v) is 14.8. The predicted molar refractivity (Wildman–Crippen MR) is 251 cm³/mol. The molecule has 6 nitrogen and oxygen atoms in total. The molecule has 0 unspecified atom stereocenters. The van der Waals surface area contributed by atoms with Crippen molar-refractivity contribution in [3.05, 3.63) is 171 Å². The van der Waals surface area contributed by atoms with Gasteiger partial charge >= 0.3 is 7.12 Å². The van der Waals surface area contributed by atoms with Crippen molar-refractivity contribution in [1.82, 2.24) is 0 Å². The summed E-state index contributed by atoms with van der Waals surface area (Å²) in [7, 11) is 4.44. The smallest absolute Gasteiger partial charge is 0.491 e. The van der Waals surface area contributed by atoms with Gasteiger partial charge in [-0.25, -0.2) is 17.6 Å². The third kappa shape index (κ3) is 9.76. The number of fused-ring (bicyclic) bond motifs is 2. The highest BCUT2D eigenvalue weighted by atomic mass is 79.9. The Morgan fingerprint density at radius 1 is 0.444 bits per heavy atom. The Labute approximate surface area is 381 Å². The molecule has 63 heavy (non-hydrogen) atoms. The average Bonchev–Trinajstić information content (AvgIpc) is 3.28. The van der Waals surface area contributed by atoms with Crippen molar-refractivity contribution in [2.45, 2.75) is 7.43 Å². The summed E-state index contributed by atoms with van der Waals surface area (Å²) in [6.07, 6.45) is 0. The fourth-order valence-electron chi connectivity index (χ4n) is 7.05. The first-order valence-electron chi connectivity index (χ1n) is 18.6. The summed E-state index contributed by atoms with van der Waals surface area (Å²) in [4.78, 5) is 0. The van der Waals surface area contributed by atoms with Gasteiger partial charge in [-0.2, -0.15) is 0 Å². The fourth-order valence-corrected chi connectivity index (χ4v) is 8.17. The van der Waals surface area contributed by atoms with Gasteiger partial charge in [-0.15, -0.1) is 0 Å². The Kier molecular flexibility index (Phi) is 16.5. The van der Waals surface area contributed by atoms with E-state index in [1.165, 1.54) is 56.7 Å². The standard InChI is InChI=1S/C24H17ClF2O2.C18H13BrClFO2.C6H6BFO2.CH4/c1-28-23-14-8-3-4-9-15(14)24(29-2)21(17-11-7-12-18(25)22(17)27)20(23)16-10-5-6-13-19(16)26;1-22-17-10-6-3-4-7-11(10)18(23-2)15(19)14(17)12-8-5-9-13(20)16(12)21;8-6-4-2-1-3-5(6)7(9)10;/h3-13H,1-2H3;3-9H,1-2H3;1-4,9-10H;1H4. The minimum Gasteiger partial charge on any atom is -0.495 e. The van der Waals surface area contributed by atoms with E-state index in [9.17, 15) is 13.2 Å². The number of methoxy groups -OCH3 is 4. The van der Waals surface area contributed by atoms with Gasteiger partial charge in [0.05, 0.1) is 43.0 Å². The number of halogens is 7. The molecule has 2 N–H and O–H groups in total. The molecule has 0 heterocycles. The molecule has 0 aliphatic carbocycles. The first-order valence-corrected chi connectivity index (χ1v) is 20.2. The van der Waals surface area contributed by atoms with Crippen LogP contribution in [0, 0.1) is 23.3 Å². The molecule has 0 amide bonds. The molecule has 0 aliphatic rings. The lowest BCUT2D eigenvalue weighted by atomic mass is 9.80. The van der Waals surface area contributed by atoms with Crippen molar-refractivity contribution in [2.24, 2.45) is 0 Å². The van der Waals surface area contributed by atoms with Gasteiger partial charge in [-0.3, -0.25) is 0 Å². The second kappa shape index (κ2) is 21.6. The van der Waals surface area contributed by atoms with Gasteiger partial charge in [-0.1, -0.05) is 140 Å². The zero-order valence-corrected chi connectivity index (χ0v) is 36.6. The van der Waals surface area contributed by atoms with Crippen LogP contribution >= 0.6 is 39.1 Å². The van der Waals surface area contributed by atoms with E-state index in [-0.39, 0.29) is 34.1 Å². The Morgan fingerprint density at radius 3 is 1.21 bits per heavy atom. The quantitative estimate of drug-likeness (QED) is 0.117. The number of ether oxygens (including phenoxy) is 4.